The number of methoxy groups -OCH3 is 1. The van der Waals surface area contributed by atoms with Crippen molar-refractivity contribution >= 4 is 0 Å². The van der Waals surface area contributed by atoms with E-state index in [-0.39, 0.29) is 11.7 Å². The lowest BCUT2D eigenvalue weighted by molar-refractivity contribution is 0.115. The van der Waals surface area contributed by atoms with E-state index >= 15 is 0 Å². The Bertz CT molecular complexity index is 423. The van der Waals surface area contributed by atoms with E-state index in [0.29, 0.717) is 11.5 Å². The Hall–Kier alpha value is -1.36. The lowest BCUT2D eigenvalue weighted by atomic mass is 10.0. The lowest BCUT2D eigenvalue weighted by Gasteiger charge is -2.16. The van der Waals surface area contributed by atoms with Crippen LogP contribution >= 0.6 is 0 Å². The molecule has 2 atom stereocenters. The van der Waals surface area contributed by atoms with Crippen molar-refractivity contribution in [1.82, 2.24) is 0 Å². The molecule has 0 bridgehead atoms. The first-order valence-corrected chi connectivity index (χ1v) is 5.44. The van der Waals surface area contributed by atoms with Gasteiger partial charge in [-0.3, -0.25) is 0 Å². The van der Waals surface area contributed by atoms with Crippen LogP contribution in [0.5, 0.6) is 11.5 Å². The van der Waals surface area contributed by atoms with Crippen molar-refractivity contribution in [3.05, 3.63) is 23.3 Å². The third kappa shape index (κ3) is 2.20. The number of ether oxygens (including phenoxy) is 2. The van der Waals surface area contributed by atoms with E-state index in [2.05, 4.69) is 0 Å². The van der Waals surface area contributed by atoms with Gasteiger partial charge >= 0.3 is 0 Å². The highest BCUT2D eigenvalue weighted by Gasteiger charge is 2.27. The molecule has 0 amide bonds. The smallest absolute Gasteiger partial charge is 0.257 e. The standard InChI is InChI=1S/C12H15F2NO2/c1-6-3-7-4-10(16-2)8(5-9(7)17-6)11(15)12(13)14/h4-6,11-12H,3,15H2,1-2H3. The summed E-state index contributed by atoms with van der Waals surface area (Å²) in [6.45, 7) is 1.93. The van der Waals surface area contributed by atoms with Gasteiger partial charge in [0, 0.05) is 17.5 Å². The van der Waals surface area contributed by atoms with E-state index in [1.165, 1.54) is 7.11 Å². The highest BCUT2D eigenvalue weighted by molar-refractivity contribution is 5.50. The number of nitrogens with two attached hydrogens (primary N) is 1. The van der Waals surface area contributed by atoms with Gasteiger partial charge in [-0.15, -0.1) is 0 Å². The second-order valence-corrected chi connectivity index (χ2v) is 4.19. The summed E-state index contributed by atoms with van der Waals surface area (Å²) in [6, 6.07) is 1.94. The normalized spacial score (nSPS) is 20.0. The second kappa shape index (κ2) is 4.49. The van der Waals surface area contributed by atoms with Gasteiger partial charge in [0.15, 0.2) is 0 Å². The maximum Gasteiger partial charge on any atom is 0.257 e. The van der Waals surface area contributed by atoms with Crippen LogP contribution in [-0.4, -0.2) is 19.6 Å². The Kier molecular flexibility index (Phi) is 3.19. The molecule has 1 heterocycles. The van der Waals surface area contributed by atoms with E-state index < -0.39 is 12.5 Å². The van der Waals surface area contributed by atoms with Crippen molar-refractivity contribution in [2.24, 2.45) is 5.73 Å². The number of halogens is 2. The number of hydrogen-bond acceptors (Lipinski definition) is 3. The number of hydrogen-bond donors (Lipinski definition) is 1. The van der Waals surface area contributed by atoms with Crippen LogP contribution in [0.3, 0.4) is 0 Å². The van der Waals surface area contributed by atoms with Gasteiger partial charge in [0.25, 0.3) is 6.43 Å². The molecule has 1 aliphatic heterocycles. The van der Waals surface area contributed by atoms with Gasteiger partial charge in [0.2, 0.25) is 0 Å². The van der Waals surface area contributed by atoms with Crippen LogP contribution < -0.4 is 15.2 Å². The van der Waals surface area contributed by atoms with Gasteiger partial charge in [0.1, 0.15) is 17.6 Å². The van der Waals surface area contributed by atoms with Crippen LogP contribution in [0.4, 0.5) is 8.78 Å². The Morgan fingerprint density at radius 1 is 1.47 bits per heavy atom. The van der Waals surface area contributed by atoms with Gasteiger partial charge in [-0.05, 0) is 19.1 Å². The Morgan fingerprint density at radius 2 is 2.18 bits per heavy atom. The predicted molar refractivity (Wildman–Crippen MR) is 59.7 cm³/mol. The molecular weight excluding hydrogens is 228 g/mol. The molecule has 17 heavy (non-hydrogen) atoms. The highest BCUT2D eigenvalue weighted by atomic mass is 19.3. The first kappa shape index (κ1) is 12.1. The Balaban J connectivity index is 2.42. The van der Waals surface area contributed by atoms with Gasteiger partial charge in [-0.1, -0.05) is 0 Å². The molecule has 0 spiro atoms. The molecule has 0 aliphatic carbocycles. The minimum Gasteiger partial charge on any atom is -0.496 e. The Labute approximate surface area is 98.5 Å². The first-order chi connectivity index (χ1) is 8.02. The molecule has 2 N–H and O–H groups in total. The monoisotopic (exact) mass is 243 g/mol. The molecule has 0 radical (unpaired) electrons. The third-order valence-electron chi connectivity index (χ3n) is 2.88. The van der Waals surface area contributed by atoms with E-state index in [9.17, 15) is 8.78 Å². The quantitative estimate of drug-likeness (QED) is 0.885. The van der Waals surface area contributed by atoms with Crippen LogP contribution in [0.1, 0.15) is 24.1 Å². The van der Waals surface area contributed by atoms with Crippen LogP contribution in [-0.2, 0) is 6.42 Å². The first-order valence-electron chi connectivity index (χ1n) is 5.44. The summed E-state index contributed by atoms with van der Waals surface area (Å²) in [5, 5.41) is 0. The predicted octanol–water partition coefficient (Wildman–Crippen LogP) is 2.28. The second-order valence-electron chi connectivity index (χ2n) is 4.19. The molecule has 5 heteroatoms. The molecule has 2 unspecified atom stereocenters. The molecule has 1 aliphatic rings. The SMILES string of the molecule is COc1cc2c(cc1C(N)C(F)F)OC(C)C2. The Morgan fingerprint density at radius 3 is 2.76 bits per heavy atom. The largest absolute Gasteiger partial charge is 0.496 e. The van der Waals surface area contributed by atoms with E-state index in [0.717, 1.165) is 12.0 Å². The fourth-order valence-corrected chi connectivity index (χ4v) is 2.03. The summed E-state index contributed by atoms with van der Waals surface area (Å²) in [5.41, 5.74) is 6.72. The van der Waals surface area contributed by atoms with Crippen molar-refractivity contribution in [1.29, 1.82) is 0 Å². The fraction of sp³-hybridized carbons (Fsp3) is 0.500. The summed E-state index contributed by atoms with van der Waals surface area (Å²) >= 11 is 0. The zero-order chi connectivity index (χ0) is 12.6. The molecule has 0 fully saturated rings. The molecule has 1 aromatic carbocycles. The van der Waals surface area contributed by atoms with Crippen LogP contribution in [0.2, 0.25) is 0 Å². The van der Waals surface area contributed by atoms with Gasteiger partial charge < -0.3 is 15.2 Å². The minimum absolute atomic E-state index is 0.0627. The van der Waals surface area contributed by atoms with Crippen molar-refractivity contribution < 1.29 is 18.3 Å². The number of fused-ring (bicyclic) bond motifs is 1. The minimum atomic E-state index is -2.62. The average Bonchev–Trinajstić information content (AvgIpc) is 2.65. The van der Waals surface area contributed by atoms with Crippen LogP contribution in [0, 0.1) is 0 Å². The zero-order valence-corrected chi connectivity index (χ0v) is 9.74. The maximum atomic E-state index is 12.6. The molecule has 94 valence electrons. The molecule has 3 nitrogen and oxygen atoms in total. The number of alkyl halides is 2. The average molecular weight is 243 g/mol. The topological polar surface area (TPSA) is 44.5 Å². The summed E-state index contributed by atoms with van der Waals surface area (Å²) < 4.78 is 35.9. The van der Waals surface area contributed by atoms with Crippen molar-refractivity contribution in [3.8, 4) is 11.5 Å². The van der Waals surface area contributed by atoms with E-state index in [1.54, 1.807) is 12.1 Å². The number of rotatable bonds is 3. The molecule has 0 saturated heterocycles. The van der Waals surface area contributed by atoms with Crippen molar-refractivity contribution in [2.75, 3.05) is 7.11 Å². The third-order valence-corrected chi connectivity index (χ3v) is 2.88. The van der Waals surface area contributed by atoms with Gasteiger partial charge in [-0.25, -0.2) is 8.78 Å². The molecule has 1 aromatic rings. The summed E-state index contributed by atoms with van der Waals surface area (Å²) in [7, 11) is 1.45. The summed E-state index contributed by atoms with van der Waals surface area (Å²) in [4.78, 5) is 0. The van der Waals surface area contributed by atoms with Crippen LogP contribution in [0.25, 0.3) is 0 Å². The summed E-state index contributed by atoms with van der Waals surface area (Å²) in [5.74, 6) is 1.03. The van der Waals surface area contributed by atoms with Crippen LogP contribution in [0.15, 0.2) is 12.1 Å². The number of benzene rings is 1. The van der Waals surface area contributed by atoms with Gasteiger partial charge in [0.05, 0.1) is 13.2 Å². The highest BCUT2D eigenvalue weighted by Crippen LogP contribution is 2.38. The fourth-order valence-electron chi connectivity index (χ4n) is 2.03. The van der Waals surface area contributed by atoms with E-state index in [4.69, 9.17) is 15.2 Å². The van der Waals surface area contributed by atoms with Gasteiger partial charge in [-0.2, -0.15) is 0 Å². The maximum absolute atomic E-state index is 12.6. The van der Waals surface area contributed by atoms with Crippen molar-refractivity contribution in [2.45, 2.75) is 31.9 Å². The molecule has 2 rings (SSSR count). The molecular formula is C12H15F2NO2. The zero-order valence-electron chi connectivity index (χ0n) is 9.74. The molecule has 0 aromatic heterocycles. The van der Waals surface area contributed by atoms with Crippen molar-refractivity contribution in [3.63, 3.8) is 0 Å². The van der Waals surface area contributed by atoms with E-state index in [1.807, 2.05) is 6.92 Å². The summed E-state index contributed by atoms with van der Waals surface area (Å²) in [6.07, 6.45) is -1.80. The molecule has 0 saturated carbocycles. The lowest BCUT2D eigenvalue weighted by Crippen LogP contribution is -2.19.